The topological polar surface area (TPSA) is 72.8 Å². The first-order valence-electron chi connectivity index (χ1n) is 9.23. The zero-order valence-corrected chi connectivity index (χ0v) is 16.5. The lowest BCUT2D eigenvalue weighted by molar-refractivity contribution is -0.131. The zero-order chi connectivity index (χ0) is 20.4. The van der Waals surface area contributed by atoms with Crippen molar-refractivity contribution in [1.29, 1.82) is 0 Å². The molecule has 0 saturated carbocycles. The summed E-state index contributed by atoms with van der Waals surface area (Å²) in [5, 5.41) is 10.3. The van der Waals surface area contributed by atoms with E-state index in [0.29, 0.717) is 17.9 Å². The Bertz CT molecular complexity index is 950. The average Bonchev–Trinajstić information content (AvgIpc) is 2.60. The molecule has 1 atom stereocenters. The molecule has 0 aromatic heterocycles. The summed E-state index contributed by atoms with van der Waals surface area (Å²) in [6, 6.07) is 8.55. The summed E-state index contributed by atoms with van der Waals surface area (Å²) < 4.78 is 11.3. The molecule has 1 unspecified atom stereocenters. The van der Waals surface area contributed by atoms with Crippen LogP contribution >= 0.6 is 0 Å². The Labute approximate surface area is 164 Å². The maximum Gasteiger partial charge on any atom is 0.308 e. The normalized spacial score (nSPS) is 15.4. The number of carbonyl (C=O) groups is 2. The number of fused-ring (bicyclic) bond motifs is 1. The summed E-state index contributed by atoms with van der Waals surface area (Å²) >= 11 is 0. The Kier molecular flexibility index (Phi) is 5.54. The van der Waals surface area contributed by atoms with Crippen LogP contribution in [-0.4, -0.2) is 16.9 Å². The Morgan fingerprint density at radius 2 is 1.93 bits per heavy atom. The van der Waals surface area contributed by atoms with Gasteiger partial charge in [0, 0.05) is 12.5 Å². The number of ketones is 1. The molecule has 1 aliphatic rings. The molecule has 146 valence electrons. The van der Waals surface area contributed by atoms with Gasteiger partial charge in [-0.05, 0) is 56.5 Å². The molecule has 3 rings (SSSR count). The lowest BCUT2D eigenvalue weighted by atomic mass is 9.90. The minimum absolute atomic E-state index is 0.0397. The molecule has 1 N–H and O–H groups in total. The smallest absolute Gasteiger partial charge is 0.308 e. The van der Waals surface area contributed by atoms with Gasteiger partial charge in [0.15, 0.2) is 5.78 Å². The Hall–Kier alpha value is -3.08. The molecule has 0 fully saturated rings. The van der Waals surface area contributed by atoms with Crippen LogP contribution in [0.25, 0.3) is 0 Å². The van der Waals surface area contributed by atoms with Gasteiger partial charge in [-0.3, -0.25) is 9.59 Å². The summed E-state index contributed by atoms with van der Waals surface area (Å²) in [5.74, 6) is 0.325. The molecule has 28 heavy (non-hydrogen) atoms. The number of aromatic hydroxyl groups is 1. The first kappa shape index (κ1) is 19.7. The van der Waals surface area contributed by atoms with Gasteiger partial charge in [0.2, 0.25) is 0 Å². The standard InChI is InChI=1S/C23H24O5/c1-13(2)5-10-18-14(3)11-19(25)22-20(26)12-21(28-23(18)22)16-6-8-17(9-7-16)27-15(4)24/h5-9,11,21,25H,10,12H2,1-4H3. The van der Waals surface area contributed by atoms with Crippen molar-refractivity contribution in [2.75, 3.05) is 0 Å². The van der Waals surface area contributed by atoms with E-state index in [0.717, 1.165) is 16.7 Å². The van der Waals surface area contributed by atoms with E-state index >= 15 is 0 Å². The van der Waals surface area contributed by atoms with Gasteiger partial charge in [-0.2, -0.15) is 0 Å². The van der Waals surface area contributed by atoms with Crippen LogP contribution in [0.15, 0.2) is 42.0 Å². The van der Waals surface area contributed by atoms with Crippen molar-refractivity contribution in [3.05, 3.63) is 64.2 Å². The van der Waals surface area contributed by atoms with Crippen molar-refractivity contribution in [2.45, 2.75) is 46.6 Å². The number of phenolic OH excluding ortho intramolecular Hbond substituents is 1. The van der Waals surface area contributed by atoms with Crippen LogP contribution in [0.5, 0.6) is 17.2 Å². The highest BCUT2D eigenvalue weighted by molar-refractivity contribution is 6.03. The fraction of sp³-hybridized carbons (Fsp3) is 0.304. The van der Waals surface area contributed by atoms with Gasteiger partial charge in [-0.1, -0.05) is 23.8 Å². The number of benzene rings is 2. The number of ether oxygens (including phenoxy) is 2. The Morgan fingerprint density at radius 3 is 2.54 bits per heavy atom. The van der Waals surface area contributed by atoms with Gasteiger partial charge in [0.25, 0.3) is 0 Å². The first-order chi connectivity index (χ1) is 13.3. The second-order valence-corrected chi connectivity index (χ2v) is 7.28. The fourth-order valence-electron chi connectivity index (χ4n) is 3.33. The van der Waals surface area contributed by atoms with Gasteiger partial charge >= 0.3 is 5.97 Å². The number of allylic oxidation sites excluding steroid dienone is 2. The molecule has 0 aliphatic carbocycles. The highest BCUT2D eigenvalue weighted by atomic mass is 16.5. The number of Topliss-reactive ketones (excluding diaryl/α,β-unsaturated/α-hetero) is 1. The average molecular weight is 380 g/mol. The zero-order valence-electron chi connectivity index (χ0n) is 16.5. The van der Waals surface area contributed by atoms with Crippen LogP contribution in [0.4, 0.5) is 0 Å². The second kappa shape index (κ2) is 7.89. The van der Waals surface area contributed by atoms with Gasteiger partial charge in [0.05, 0.1) is 6.42 Å². The molecular formula is C23H24O5. The predicted octanol–water partition coefficient (Wildman–Crippen LogP) is 4.84. The third kappa shape index (κ3) is 4.09. The van der Waals surface area contributed by atoms with E-state index in [-0.39, 0.29) is 29.5 Å². The number of rotatable bonds is 4. The van der Waals surface area contributed by atoms with E-state index in [4.69, 9.17) is 9.47 Å². The van der Waals surface area contributed by atoms with Crippen molar-refractivity contribution in [1.82, 2.24) is 0 Å². The molecule has 0 radical (unpaired) electrons. The van der Waals surface area contributed by atoms with Gasteiger partial charge < -0.3 is 14.6 Å². The number of hydrogen-bond acceptors (Lipinski definition) is 5. The Balaban J connectivity index is 1.97. The van der Waals surface area contributed by atoms with Crippen molar-refractivity contribution in [3.8, 4) is 17.2 Å². The van der Waals surface area contributed by atoms with Crippen molar-refractivity contribution in [2.24, 2.45) is 0 Å². The lowest BCUT2D eigenvalue weighted by Crippen LogP contribution is -2.22. The van der Waals surface area contributed by atoms with Crippen molar-refractivity contribution < 1.29 is 24.2 Å². The molecule has 1 heterocycles. The summed E-state index contributed by atoms with van der Waals surface area (Å²) in [7, 11) is 0. The molecule has 2 aromatic rings. The van der Waals surface area contributed by atoms with Crippen LogP contribution in [0.1, 0.15) is 60.3 Å². The summed E-state index contributed by atoms with van der Waals surface area (Å²) in [4.78, 5) is 23.9. The summed E-state index contributed by atoms with van der Waals surface area (Å²) in [5.41, 5.74) is 4.02. The molecule has 5 heteroatoms. The van der Waals surface area contributed by atoms with E-state index in [1.165, 1.54) is 12.5 Å². The van der Waals surface area contributed by atoms with E-state index in [9.17, 15) is 14.7 Å². The van der Waals surface area contributed by atoms with Gasteiger partial charge in [0.1, 0.15) is 28.9 Å². The van der Waals surface area contributed by atoms with Crippen molar-refractivity contribution in [3.63, 3.8) is 0 Å². The molecule has 0 spiro atoms. The highest BCUT2D eigenvalue weighted by Gasteiger charge is 2.32. The number of hydrogen-bond donors (Lipinski definition) is 1. The molecule has 1 aliphatic heterocycles. The second-order valence-electron chi connectivity index (χ2n) is 7.28. The fourth-order valence-corrected chi connectivity index (χ4v) is 3.33. The number of phenols is 1. The largest absolute Gasteiger partial charge is 0.507 e. The predicted molar refractivity (Wildman–Crippen MR) is 106 cm³/mol. The monoisotopic (exact) mass is 380 g/mol. The maximum atomic E-state index is 12.8. The molecule has 0 saturated heterocycles. The third-order valence-electron chi connectivity index (χ3n) is 4.72. The molecule has 2 aromatic carbocycles. The molecule has 0 amide bonds. The molecular weight excluding hydrogens is 356 g/mol. The lowest BCUT2D eigenvalue weighted by Gasteiger charge is -2.28. The van der Waals surface area contributed by atoms with Crippen LogP contribution in [0.3, 0.4) is 0 Å². The number of esters is 1. The number of carbonyl (C=O) groups excluding carboxylic acids is 2. The quantitative estimate of drug-likeness (QED) is 0.467. The van der Waals surface area contributed by atoms with Gasteiger partial charge in [-0.25, -0.2) is 0 Å². The van der Waals surface area contributed by atoms with E-state index < -0.39 is 6.10 Å². The van der Waals surface area contributed by atoms with Gasteiger partial charge in [-0.15, -0.1) is 0 Å². The third-order valence-corrected chi connectivity index (χ3v) is 4.72. The SMILES string of the molecule is CC(=O)Oc1ccc(C2CC(=O)c3c(O)cc(C)c(CC=C(C)C)c3O2)cc1. The van der Waals surface area contributed by atoms with E-state index in [2.05, 4.69) is 6.08 Å². The van der Waals surface area contributed by atoms with Crippen LogP contribution in [0.2, 0.25) is 0 Å². The summed E-state index contributed by atoms with van der Waals surface area (Å²) in [6.45, 7) is 7.28. The van der Waals surface area contributed by atoms with E-state index in [1.807, 2.05) is 20.8 Å². The minimum Gasteiger partial charge on any atom is -0.507 e. The number of aryl methyl sites for hydroxylation is 1. The summed E-state index contributed by atoms with van der Waals surface area (Å²) in [6.07, 6.45) is 2.38. The van der Waals surface area contributed by atoms with E-state index in [1.54, 1.807) is 30.3 Å². The van der Waals surface area contributed by atoms with Crippen LogP contribution in [0, 0.1) is 6.92 Å². The van der Waals surface area contributed by atoms with Crippen LogP contribution in [-0.2, 0) is 11.2 Å². The van der Waals surface area contributed by atoms with Crippen molar-refractivity contribution >= 4 is 11.8 Å². The van der Waals surface area contributed by atoms with Crippen LogP contribution < -0.4 is 9.47 Å². The maximum absolute atomic E-state index is 12.8. The first-order valence-corrected chi connectivity index (χ1v) is 9.23. The molecule has 5 nitrogen and oxygen atoms in total. The highest BCUT2D eigenvalue weighted by Crippen LogP contribution is 2.43. The molecule has 0 bridgehead atoms. The minimum atomic E-state index is -0.460. The Morgan fingerprint density at radius 1 is 1.25 bits per heavy atom.